The molecule has 0 unspecified atom stereocenters. The monoisotopic (exact) mass is 462 g/mol. The average Bonchev–Trinajstić information content (AvgIpc) is 3.21. The molecule has 0 atom stereocenters. The van der Waals surface area contributed by atoms with E-state index in [4.69, 9.17) is 4.42 Å². The predicted molar refractivity (Wildman–Crippen MR) is 114 cm³/mol. The van der Waals surface area contributed by atoms with Crippen LogP contribution < -0.4 is 5.56 Å². The Morgan fingerprint density at radius 3 is 2.83 bits per heavy atom. The smallest absolute Gasteiger partial charge is 0.270 e. The van der Waals surface area contributed by atoms with Crippen LogP contribution in [0.3, 0.4) is 0 Å². The zero-order valence-electron chi connectivity index (χ0n) is 15.1. The molecule has 1 N–H and O–H groups in total. The van der Waals surface area contributed by atoms with Crippen LogP contribution in [0.15, 0.2) is 68.3 Å². The van der Waals surface area contributed by atoms with Gasteiger partial charge in [0.2, 0.25) is 0 Å². The molecule has 146 valence electrons. The number of hydrogen-bond donors (Lipinski definition) is 1. The lowest BCUT2D eigenvalue weighted by atomic mass is 10.1. The molecule has 2 heterocycles. The summed E-state index contributed by atoms with van der Waals surface area (Å²) in [5.41, 5.74) is 0.675. The summed E-state index contributed by atoms with van der Waals surface area (Å²) in [6, 6.07) is 16.4. The number of aromatic nitrogens is 2. The molecule has 8 nitrogen and oxygen atoms in total. The number of halogens is 1. The Balaban J connectivity index is 1.73. The van der Waals surface area contributed by atoms with E-state index >= 15 is 0 Å². The average molecular weight is 463 g/mol. The number of nitrogens with zero attached hydrogens (tertiary/aromatic N) is 3. The van der Waals surface area contributed by atoms with Crippen LogP contribution in [0, 0.1) is 21.4 Å². The Bertz CT molecular complexity index is 1430. The maximum absolute atomic E-state index is 12.4. The van der Waals surface area contributed by atoms with Crippen molar-refractivity contribution in [2.75, 3.05) is 0 Å². The summed E-state index contributed by atoms with van der Waals surface area (Å²) in [6.07, 6.45) is 1.45. The third-order valence-corrected chi connectivity index (χ3v) is 4.79. The SMILES string of the molecule is N#C/C(=C\c1ccc(-c2cccc([N+](=O)[O-])c2)o1)c1nc2ccc(Br)cc2c(=O)[nH]1. The highest BCUT2D eigenvalue weighted by atomic mass is 79.9. The minimum atomic E-state index is -0.485. The molecule has 0 fully saturated rings. The standard InChI is InChI=1S/C21H11BrN4O4/c22-14-4-6-18-17(10-14)21(27)25-20(24-18)13(11-23)9-16-5-7-19(30-16)12-2-1-3-15(8-12)26(28)29/h1-10H,(H,24,25,27)/b13-9+. The predicted octanol–water partition coefficient (Wildman–Crippen LogP) is 4.92. The molecule has 0 aliphatic rings. The molecule has 0 amide bonds. The normalized spacial score (nSPS) is 11.4. The molecular formula is C21H11BrN4O4. The third kappa shape index (κ3) is 3.76. The number of nitriles is 1. The van der Waals surface area contributed by atoms with Crippen molar-refractivity contribution in [2.24, 2.45) is 0 Å². The van der Waals surface area contributed by atoms with Crippen LogP contribution in [0.5, 0.6) is 0 Å². The van der Waals surface area contributed by atoms with Crippen molar-refractivity contribution in [2.45, 2.75) is 0 Å². The van der Waals surface area contributed by atoms with Gasteiger partial charge in [-0.3, -0.25) is 14.9 Å². The number of benzene rings is 2. The molecule has 0 radical (unpaired) electrons. The molecule has 0 aliphatic heterocycles. The van der Waals surface area contributed by atoms with Gasteiger partial charge in [0.05, 0.1) is 21.4 Å². The number of fused-ring (bicyclic) bond motifs is 1. The van der Waals surface area contributed by atoms with Gasteiger partial charge in [0.1, 0.15) is 17.6 Å². The summed E-state index contributed by atoms with van der Waals surface area (Å²) in [5.74, 6) is 0.865. The van der Waals surface area contributed by atoms with Gasteiger partial charge in [0, 0.05) is 28.2 Å². The van der Waals surface area contributed by atoms with Crippen LogP contribution in [0.1, 0.15) is 11.6 Å². The van der Waals surface area contributed by atoms with Crippen molar-refractivity contribution in [1.82, 2.24) is 9.97 Å². The number of nitro benzene ring substituents is 1. The van der Waals surface area contributed by atoms with Crippen LogP contribution >= 0.6 is 15.9 Å². The third-order valence-electron chi connectivity index (χ3n) is 4.30. The number of furan rings is 1. The summed E-state index contributed by atoms with van der Waals surface area (Å²) in [4.78, 5) is 29.8. The molecule has 0 saturated carbocycles. The first kappa shape index (κ1) is 19.3. The summed E-state index contributed by atoms with van der Waals surface area (Å²) in [6.45, 7) is 0. The molecule has 30 heavy (non-hydrogen) atoms. The second-order valence-corrected chi connectivity index (χ2v) is 7.17. The van der Waals surface area contributed by atoms with Crippen molar-refractivity contribution in [3.05, 3.63) is 91.1 Å². The number of nitro groups is 1. The minimum absolute atomic E-state index is 0.0525. The number of H-pyrrole nitrogens is 1. The Hall–Kier alpha value is -4.03. The van der Waals surface area contributed by atoms with E-state index in [0.717, 1.165) is 4.47 Å². The van der Waals surface area contributed by atoms with E-state index < -0.39 is 4.92 Å². The van der Waals surface area contributed by atoms with E-state index in [0.29, 0.717) is 28.0 Å². The number of rotatable bonds is 4. The van der Waals surface area contributed by atoms with Crippen molar-refractivity contribution in [1.29, 1.82) is 5.26 Å². The fraction of sp³-hybridized carbons (Fsp3) is 0. The fourth-order valence-electron chi connectivity index (χ4n) is 2.89. The Morgan fingerprint density at radius 2 is 2.07 bits per heavy atom. The van der Waals surface area contributed by atoms with Crippen molar-refractivity contribution >= 4 is 44.2 Å². The lowest BCUT2D eigenvalue weighted by molar-refractivity contribution is -0.384. The minimum Gasteiger partial charge on any atom is -0.457 e. The van der Waals surface area contributed by atoms with Crippen molar-refractivity contribution in [3.8, 4) is 17.4 Å². The molecule has 0 bridgehead atoms. The van der Waals surface area contributed by atoms with Gasteiger partial charge in [-0.15, -0.1) is 0 Å². The number of allylic oxidation sites excluding steroid dienone is 1. The highest BCUT2D eigenvalue weighted by Crippen LogP contribution is 2.27. The number of hydrogen-bond acceptors (Lipinski definition) is 6. The lowest BCUT2D eigenvalue weighted by Crippen LogP contribution is -2.11. The van der Waals surface area contributed by atoms with Gasteiger partial charge < -0.3 is 9.40 Å². The number of aromatic amines is 1. The van der Waals surface area contributed by atoms with Gasteiger partial charge in [-0.25, -0.2) is 4.98 Å². The maximum atomic E-state index is 12.4. The van der Waals surface area contributed by atoms with Gasteiger partial charge >= 0.3 is 0 Å². The Labute approximate surface area is 177 Å². The van der Waals surface area contributed by atoms with Crippen LogP contribution in [-0.2, 0) is 0 Å². The largest absolute Gasteiger partial charge is 0.457 e. The summed E-state index contributed by atoms with van der Waals surface area (Å²) < 4.78 is 6.46. The van der Waals surface area contributed by atoms with E-state index in [1.165, 1.54) is 18.2 Å². The van der Waals surface area contributed by atoms with Crippen molar-refractivity contribution in [3.63, 3.8) is 0 Å². The molecular weight excluding hydrogens is 452 g/mol. The zero-order chi connectivity index (χ0) is 21.3. The first-order chi connectivity index (χ1) is 14.4. The molecule has 4 rings (SSSR count). The van der Waals surface area contributed by atoms with Crippen LogP contribution in [-0.4, -0.2) is 14.9 Å². The van der Waals surface area contributed by atoms with Gasteiger partial charge in [-0.2, -0.15) is 5.26 Å². The Morgan fingerprint density at radius 1 is 1.23 bits per heavy atom. The topological polar surface area (TPSA) is 126 Å². The molecule has 0 saturated heterocycles. The number of non-ortho nitro benzene ring substituents is 1. The molecule has 4 aromatic rings. The number of nitrogens with one attached hydrogen (secondary N) is 1. The quantitative estimate of drug-likeness (QED) is 0.260. The second-order valence-electron chi connectivity index (χ2n) is 6.26. The summed E-state index contributed by atoms with van der Waals surface area (Å²) >= 11 is 3.31. The van der Waals surface area contributed by atoms with Crippen LogP contribution in [0.4, 0.5) is 5.69 Å². The highest BCUT2D eigenvalue weighted by Gasteiger charge is 2.12. The van der Waals surface area contributed by atoms with Crippen LogP contribution in [0.2, 0.25) is 0 Å². The van der Waals surface area contributed by atoms with E-state index in [2.05, 4.69) is 25.9 Å². The summed E-state index contributed by atoms with van der Waals surface area (Å²) in [5, 5.41) is 20.9. The second kappa shape index (κ2) is 7.77. The van der Waals surface area contributed by atoms with E-state index in [-0.39, 0.29) is 22.6 Å². The van der Waals surface area contributed by atoms with Gasteiger partial charge in [0.25, 0.3) is 11.2 Å². The molecule has 0 spiro atoms. The van der Waals surface area contributed by atoms with Gasteiger partial charge in [-0.1, -0.05) is 28.1 Å². The molecule has 0 aliphatic carbocycles. The molecule has 9 heteroatoms. The van der Waals surface area contributed by atoms with Gasteiger partial charge in [0.15, 0.2) is 5.82 Å². The molecule has 2 aromatic heterocycles. The maximum Gasteiger partial charge on any atom is 0.270 e. The fourth-order valence-corrected chi connectivity index (χ4v) is 3.25. The van der Waals surface area contributed by atoms with E-state index in [9.17, 15) is 20.2 Å². The first-order valence-corrected chi connectivity index (χ1v) is 9.40. The molecule has 2 aromatic carbocycles. The Kier molecular flexibility index (Phi) is 5.00. The zero-order valence-corrected chi connectivity index (χ0v) is 16.7. The highest BCUT2D eigenvalue weighted by molar-refractivity contribution is 9.10. The first-order valence-electron chi connectivity index (χ1n) is 8.61. The lowest BCUT2D eigenvalue weighted by Gasteiger charge is -2.02. The van der Waals surface area contributed by atoms with E-state index in [1.807, 2.05) is 6.07 Å². The van der Waals surface area contributed by atoms with Gasteiger partial charge in [-0.05, 0) is 30.3 Å². The van der Waals surface area contributed by atoms with Crippen molar-refractivity contribution < 1.29 is 9.34 Å². The summed E-state index contributed by atoms with van der Waals surface area (Å²) in [7, 11) is 0. The van der Waals surface area contributed by atoms with E-state index in [1.54, 1.807) is 42.5 Å². The van der Waals surface area contributed by atoms with Crippen LogP contribution in [0.25, 0.3) is 33.9 Å².